The van der Waals surface area contributed by atoms with Crippen molar-refractivity contribution in [1.29, 1.82) is 0 Å². The van der Waals surface area contributed by atoms with Crippen LogP contribution in [0.3, 0.4) is 0 Å². The van der Waals surface area contributed by atoms with Gasteiger partial charge in [0.05, 0.1) is 42.0 Å². The van der Waals surface area contributed by atoms with Gasteiger partial charge < -0.3 is 15.0 Å². The van der Waals surface area contributed by atoms with Gasteiger partial charge in [-0.1, -0.05) is 38.4 Å². The third-order valence-corrected chi connectivity index (χ3v) is 7.15. The van der Waals surface area contributed by atoms with Gasteiger partial charge in [-0.25, -0.2) is 4.37 Å². The number of nitrogens with zero attached hydrogens (tertiary/aromatic N) is 4. The molecule has 0 bridgehead atoms. The number of allylic oxidation sites excluding steroid dienone is 2. The van der Waals surface area contributed by atoms with Crippen molar-refractivity contribution in [3.63, 3.8) is 0 Å². The monoisotopic (exact) mass is 531 g/mol. The largest absolute Gasteiger partial charge is 0.482 e. The van der Waals surface area contributed by atoms with E-state index >= 15 is 0 Å². The van der Waals surface area contributed by atoms with Crippen LogP contribution in [0.25, 0.3) is 5.57 Å². The molecule has 1 aliphatic heterocycles. The van der Waals surface area contributed by atoms with E-state index in [2.05, 4.69) is 14.8 Å². The van der Waals surface area contributed by atoms with E-state index in [9.17, 15) is 9.59 Å². The zero-order valence-corrected chi connectivity index (χ0v) is 22.3. The molecule has 0 saturated carbocycles. The fourth-order valence-electron chi connectivity index (χ4n) is 3.44. The summed E-state index contributed by atoms with van der Waals surface area (Å²) in [6.45, 7) is 6.75. The summed E-state index contributed by atoms with van der Waals surface area (Å²) in [5, 5.41) is 9.69. The molecule has 3 aromatic heterocycles. The Hall–Kier alpha value is -2.95. The Bertz CT molecular complexity index is 1280. The van der Waals surface area contributed by atoms with Crippen LogP contribution in [0.4, 0.5) is 5.82 Å². The van der Waals surface area contributed by atoms with Gasteiger partial charge in [0.1, 0.15) is 5.82 Å². The fourth-order valence-corrected chi connectivity index (χ4v) is 5.01. The van der Waals surface area contributed by atoms with Gasteiger partial charge >= 0.3 is 0 Å². The number of anilines is 1. The van der Waals surface area contributed by atoms with E-state index in [1.54, 1.807) is 18.7 Å². The van der Waals surface area contributed by atoms with Gasteiger partial charge in [-0.3, -0.25) is 9.59 Å². The number of nitrogens with one attached hydrogen (secondary N) is 1. The molecule has 4 rings (SSSR count). The Balaban J connectivity index is 1.58. The maximum atomic E-state index is 13.1. The lowest BCUT2D eigenvalue weighted by Crippen LogP contribution is -2.32. The van der Waals surface area contributed by atoms with E-state index < -0.39 is 5.41 Å². The van der Waals surface area contributed by atoms with Crippen molar-refractivity contribution < 1.29 is 14.3 Å². The first-order valence-electron chi connectivity index (χ1n) is 10.9. The summed E-state index contributed by atoms with van der Waals surface area (Å²) in [5.74, 6) is 0.997. The highest BCUT2D eigenvalue weighted by Crippen LogP contribution is 2.29. The van der Waals surface area contributed by atoms with Crippen LogP contribution in [0.15, 0.2) is 47.8 Å². The molecule has 0 amide bonds. The normalized spacial score (nSPS) is 13.9. The zero-order chi connectivity index (χ0) is 25.2. The predicted octanol–water partition coefficient (Wildman–Crippen LogP) is 5.42. The van der Waals surface area contributed by atoms with E-state index in [4.69, 9.17) is 16.3 Å². The van der Waals surface area contributed by atoms with Gasteiger partial charge in [0.2, 0.25) is 0 Å². The number of aromatic nitrogens is 3. The molecular formula is C24H26ClN5O3S2. The number of methoxy groups -OCH3 is 1. The minimum atomic E-state index is -0.617. The first-order valence-corrected chi connectivity index (χ1v) is 13.0. The Morgan fingerprint density at radius 3 is 2.71 bits per heavy atom. The summed E-state index contributed by atoms with van der Waals surface area (Å²) in [4.78, 5) is 28.6. The minimum absolute atomic E-state index is 0.0289. The molecule has 1 aliphatic rings. The predicted molar refractivity (Wildman–Crippen MR) is 140 cm³/mol. The Morgan fingerprint density at radius 1 is 1.29 bits per heavy atom. The van der Waals surface area contributed by atoms with Crippen LogP contribution in [0.1, 0.15) is 46.5 Å². The second-order valence-corrected chi connectivity index (χ2v) is 11.5. The number of rotatable bonds is 8. The molecule has 3 aromatic rings. The van der Waals surface area contributed by atoms with Crippen molar-refractivity contribution in [3.8, 4) is 0 Å². The molecule has 1 N–H and O–H groups in total. The molecule has 8 nitrogen and oxygen atoms in total. The van der Waals surface area contributed by atoms with Gasteiger partial charge in [-0.05, 0) is 23.7 Å². The molecule has 4 heterocycles. The number of halogens is 1. The van der Waals surface area contributed by atoms with E-state index in [1.165, 1.54) is 27.6 Å². The summed E-state index contributed by atoms with van der Waals surface area (Å²) < 4.78 is 11.7. The van der Waals surface area contributed by atoms with Gasteiger partial charge in [0.25, 0.3) is 5.91 Å². The average molecular weight is 532 g/mol. The topological polar surface area (TPSA) is 89.4 Å². The average Bonchev–Trinajstić information content (AvgIpc) is 3.58. The van der Waals surface area contributed by atoms with Crippen LogP contribution in [-0.2, 0) is 11.3 Å². The lowest BCUT2D eigenvalue weighted by atomic mass is 9.96. The Labute approximate surface area is 217 Å². The Kier molecular flexibility index (Phi) is 7.44. The first-order chi connectivity index (χ1) is 16.7. The second kappa shape index (κ2) is 10.3. The zero-order valence-electron chi connectivity index (χ0n) is 19.9. The fraction of sp³-hybridized carbons (Fsp3) is 0.333. The van der Waals surface area contributed by atoms with Crippen molar-refractivity contribution >= 4 is 57.6 Å². The number of ether oxygens (including phenoxy) is 1. The maximum absolute atomic E-state index is 13.1. The van der Waals surface area contributed by atoms with Crippen molar-refractivity contribution in [2.75, 3.05) is 25.5 Å². The molecule has 0 unspecified atom stereocenters. The number of thiophene rings is 1. The third-order valence-electron chi connectivity index (χ3n) is 5.33. The molecule has 0 aromatic carbocycles. The molecule has 0 radical (unpaired) electrons. The highest BCUT2D eigenvalue weighted by Gasteiger charge is 2.28. The standard InChI is InChI=1S/C24H26ClN5O3S2/c1-24(2,3)23(32)30-21(26-12-17-5-6-20(25)35-17)10-18(28-30)15-7-8-29(22(9-15)33-4)13-19(31)16-11-27-34-14-16/h5-7,9-11,14,26H,8,12-13H2,1-4H3. The smallest absolute Gasteiger partial charge is 0.254 e. The summed E-state index contributed by atoms with van der Waals surface area (Å²) in [6.07, 6.45) is 5.38. The number of hydrogen-bond donors (Lipinski definition) is 1. The van der Waals surface area contributed by atoms with Crippen LogP contribution in [0.2, 0.25) is 4.34 Å². The molecule has 184 valence electrons. The van der Waals surface area contributed by atoms with Crippen molar-refractivity contribution in [2.45, 2.75) is 27.3 Å². The molecule has 11 heteroatoms. The first kappa shape index (κ1) is 25.2. The van der Waals surface area contributed by atoms with Gasteiger partial charge in [0, 0.05) is 39.9 Å². The van der Waals surface area contributed by atoms with Crippen LogP contribution < -0.4 is 5.32 Å². The number of hydrogen-bond acceptors (Lipinski definition) is 9. The highest BCUT2D eigenvalue weighted by atomic mass is 35.5. The molecular weight excluding hydrogens is 506 g/mol. The van der Waals surface area contributed by atoms with E-state index in [0.717, 1.165) is 10.5 Å². The van der Waals surface area contributed by atoms with Gasteiger partial charge in [-0.2, -0.15) is 9.78 Å². The van der Waals surface area contributed by atoms with Crippen molar-refractivity contribution in [1.82, 2.24) is 19.1 Å². The van der Waals surface area contributed by atoms with Crippen LogP contribution >= 0.6 is 34.5 Å². The van der Waals surface area contributed by atoms with Crippen molar-refractivity contribution in [3.05, 3.63) is 68.3 Å². The minimum Gasteiger partial charge on any atom is -0.482 e. The molecule has 0 saturated heterocycles. The number of ketones is 1. The highest BCUT2D eigenvalue weighted by molar-refractivity contribution is 7.16. The third kappa shape index (κ3) is 5.83. The lowest BCUT2D eigenvalue weighted by molar-refractivity contribution is 0.0751. The number of Topliss-reactive ketones (excluding diaryl/α,β-unsaturated/α-hetero) is 1. The van der Waals surface area contributed by atoms with Gasteiger partial charge in [0.15, 0.2) is 11.7 Å². The SMILES string of the molecule is COC1=CC(c2cc(NCc3ccc(Cl)s3)n(C(=O)C(C)(C)C)n2)=CCN1CC(=O)c1cnsc1. The summed E-state index contributed by atoms with van der Waals surface area (Å²) >= 11 is 8.79. The summed E-state index contributed by atoms with van der Waals surface area (Å²) in [7, 11) is 1.57. The summed E-state index contributed by atoms with van der Waals surface area (Å²) in [5.41, 5.74) is 1.42. The number of carbonyl (C=O) groups excluding carboxylic acids is 2. The molecule has 0 fully saturated rings. The van der Waals surface area contributed by atoms with Crippen molar-refractivity contribution in [2.24, 2.45) is 5.41 Å². The molecule has 35 heavy (non-hydrogen) atoms. The lowest BCUT2D eigenvalue weighted by Gasteiger charge is -2.27. The molecule has 0 aliphatic carbocycles. The maximum Gasteiger partial charge on any atom is 0.254 e. The van der Waals surface area contributed by atoms with Gasteiger partial charge in [-0.15, -0.1) is 11.3 Å². The Morgan fingerprint density at radius 2 is 2.09 bits per heavy atom. The quantitative estimate of drug-likeness (QED) is 0.388. The second-order valence-electron chi connectivity index (χ2n) is 9.00. The molecule has 0 atom stereocenters. The van der Waals surface area contributed by atoms with E-state index in [1.807, 2.05) is 56.0 Å². The van der Waals surface area contributed by atoms with Crippen LogP contribution in [0.5, 0.6) is 0 Å². The van der Waals surface area contributed by atoms with E-state index in [-0.39, 0.29) is 18.2 Å². The summed E-state index contributed by atoms with van der Waals surface area (Å²) in [6, 6.07) is 5.65. The number of carbonyl (C=O) groups is 2. The molecule has 0 spiro atoms. The van der Waals surface area contributed by atoms with Crippen LogP contribution in [0, 0.1) is 5.41 Å². The van der Waals surface area contributed by atoms with Crippen LogP contribution in [-0.4, -0.2) is 50.9 Å². The van der Waals surface area contributed by atoms with E-state index in [0.29, 0.717) is 40.4 Å².